The monoisotopic (exact) mass is 326 g/mol. The number of ether oxygens (including phenoxy) is 2. The fourth-order valence-electron chi connectivity index (χ4n) is 2.65. The van der Waals surface area contributed by atoms with E-state index in [0.717, 1.165) is 19.4 Å². The highest BCUT2D eigenvalue weighted by Gasteiger charge is 2.48. The van der Waals surface area contributed by atoms with Gasteiger partial charge in [-0.3, -0.25) is 4.57 Å². The van der Waals surface area contributed by atoms with Gasteiger partial charge in [0, 0.05) is 13.0 Å². The molecule has 1 saturated heterocycles. The molecule has 0 aliphatic carbocycles. The minimum atomic E-state index is -0.842. The van der Waals surface area contributed by atoms with Crippen LogP contribution in [0.15, 0.2) is 12.7 Å². The Kier molecular flexibility index (Phi) is 4.58. The third kappa shape index (κ3) is 2.69. The van der Waals surface area contributed by atoms with Crippen molar-refractivity contribution in [3.05, 3.63) is 17.8 Å². The summed E-state index contributed by atoms with van der Waals surface area (Å²) in [6.07, 6.45) is 5.71. The number of nitrogens with zero attached hydrogens (tertiary/aromatic N) is 4. The smallest absolute Gasteiger partial charge is 0.173 e. The van der Waals surface area contributed by atoms with E-state index in [1.807, 2.05) is 0 Å². The Labute approximate surface area is 133 Å². The van der Waals surface area contributed by atoms with Crippen LogP contribution in [-0.2, 0) is 15.2 Å². The minimum Gasteiger partial charge on any atom is -0.391 e. The molecule has 0 spiro atoms. The van der Waals surface area contributed by atoms with Gasteiger partial charge in [0.05, 0.1) is 25.6 Å². The maximum absolute atomic E-state index is 9.77. The van der Waals surface area contributed by atoms with Crippen LogP contribution in [0.1, 0.15) is 26.2 Å². The molecule has 2 atom stereocenters. The summed E-state index contributed by atoms with van der Waals surface area (Å²) in [4.78, 5) is 12.3. The van der Waals surface area contributed by atoms with Gasteiger partial charge < -0.3 is 14.6 Å². The minimum absolute atomic E-state index is 0.0289. The summed E-state index contributed by atoms with van der Waals surface area (Å²) >= 11 is 6.00. The first kappa shape index (κ1) is 15.6. The Bertz CT molecular complexity index is 642. The Morgan fingerprint density at radius 1 is 1.50 bits per heavy atom. The Balaban J connectivity index is 1.71. The van der Waals surface area contributed by atoms with Crippen molar-refractivity contribution in [1.29, 1.82) is 0 Å². The van der Waals surface area contributed by atoms with E-state index in [-0.39, 0.29) is 17.9 Å². The van der Waals surface area contributed by atoms with Crippen molar-refractivity contribution in [2.24, 2.45) is 0 Å². The van der Waals surface area contributed by atoms with Crippen LogP contribution in [0.3, 0.4) is 0 Å². The lowest BCUT2D eigenvalue weighted by Crippen LogP contribution is -2.56. The molecule has 1 fully saturated rings. The van der Waals surface area contributed by atoms with Crippen LogP contribution in [0.4, 0.5) is 0 Å². The maximum Gasteiger partial charge on any atom is 0.173 e. The lowest BCUT2D eigenvalue weighted by atomic mass is 9.98. The first-order valence-corrected chi connectivity index (χ1v) is 7.78. The average Bonchev–Trinajstić information content (AvgIpc) is 2.91. The third-order valence-corrected chi connectivity index (χ3v) is 4.13. The van der Waals surface area contributed by atoms with Crippen molar-refractivity contribution in [1.82, 2.24) is 19.5 Å². The average molecular weight is 327 g/mol. The number of imidazole rings is 1. The second kappa shape index (κ2) is 6.45. The summed E-state index contributed by atoms with van der Waals surface area (Å²) in [7, 11) is 0. The summed E-state index contributed by atoms with van der Waals surface area (Å²) < 4.78 is 13.2. The van der Waals surface area contributed by atoms with Gasteiger partial charge in [0.25, 0.3) is 0 Å². The molecule has 0 radical (unpaired) electrons. The first-order valence-electron chi connectivity index (χ1n) is 7.40. The molecule has 2 aromatic rings. The van der Waals surface area contributed by atoms with Crippen LogP contribution < -0.4 is 0 Å². The van der Waals surface area contributed by atoms with Crippen molar-refractivity contribution in [3.8, 4) is 0 Å². The van der Waals surface area contributed by atoms with Gasteiger partial charge in [-0.2, -0.15) is 0 Å². The fourth-order valence-corrected chi connectivity index (χ4v) is 2.83. The SMILES string of the molecule is CCCCOCC1C[C@@](CO)(n2cnc3c(Cl)ncnc32)O1. The molecule has 0 saturated carbocycles. The van der Waals surface area contributed by atoms with E-state index in [1.54, 1.807) is 10.9 Å². The van der Waals surface area contributed by atoms with Crippen molar-refractivity contribution < 1.29 is 14.6 Å². The fraction of sp³-hybridized carbons (Fsp3) is 0.643. The highest BCUT2D eigenvalue weighted by atomic mass is 35.5. The highest BCUT2D eigenvalue weighted by Crippen LogP contribution is 2.39. The molecule has 3 heterocycles. The molecule has 0 bridgehead atoms. The number of hydrogen-bond acceptors (Lipinski definition) is 6. The second-order valence-corrected chi connectivity index (χ2v) is 5.79. The number of fused-ring (bicyclic) bond motifs is 1. The van der Waals surface area contributed by atoms with Gasteiger partial charge in [-0.1, -0.05) is 24.9 Å². The molecule has 120 valence electrons. The van der Waals surface area contributed by atoms with Crippen LogP contribution in [-0.4, -0.2) is 50.6 Å². The van der Waals surface area contributed by atoms with Gasteiger partial charge in [0.1, 0.15) is 11.8 Å². The van der Waals surface area contributed by atoms with Crippen LogP contribution in [0, 0.1) is 0 Å². The normalized spacial score (nSPS) is 24.6. The lowest BCUT2D eigenvalue weighted by Gasteiger charge is -2.47. The van der Waals surface area contributed by atoms with Crippen molar-refractivity contribution in [2.45, 2.75) is 38.0 Å². The van der Waals surface area contributed by atoms with E-state index in [9.17, 15) is 5.11 Å². The molecule has 0 aromatic carbocycles. The quantitative estimate of drug-likeness (QED) is 0.616. The van der Waals surface area contributed by atoms with Gasteiger partial charge >= 0.3 is 0 Å². The number of hydrogen-bond donors (Lipinski definition) is 1. The zero-order chi connectivity index (χ0) is 15.6. The maximum atomic E-state index is 9.77. The number of halogens is 1. The van der Waals surface area contributed by atoms with Crippen molar-refractivity contribution in [3.63, 3.8) is 0 Å². The molecule has 1 aliphatic heterocycles. The Morgan fingerprint density at radius 2 is 2.32 bits per heavy atom. The highest BCUT2D eigenvalue weighted by molar-refractivity contribution is 6.33. The van der Waals surface area contributed by atoms with Crippen LogP contribution in [0.25, 0.3) is 11.2 Å². The molecule has 1 aliphatic rings. The van der Waals surface area contributed by atoms with Gasteiger partial charge in [0.2, 0.25) is 0 Å². The number of aliphatic hydroxyl groups is 1. The lowest BCUT2D eigenvalue weighted by molar-refractivity contribution is -0.282. The van der Waals surface area contributed by atoms with E-state index in [4.69, 9.17) is 21.1 Å². The number of aliphatic hydroxyl groups excluding tert-OH is 1. The molecule has 22 heavy (non-hydrogen) atoms. The summed E-state index contributed by atoms with van der Waals surface area (Å²) in [5, 5.41) is 10.1. The van der Waals surface area contributed by atoms with E-state index < -0.39 is 5.72 Å². The number of unbranched alkanes of at least 4 members (excludes halogenated alkanes) is 1. The summed E-state index contributed by atoms with van der Waals surface area (Å²) in [6.45, 7) is 3.23. The molecular weight excluding hydrogens is 308 g/mol. The molecule has 3 rings (SSSR count). The van der Waals surface area contributed by atoms with Gasteiger partial charge in [-0.05, 0) is 6.42 Å². The first-order chi connectivity index (χ1) is 10.7. The predicted molar refractivity (Wildman–Crippen MR) is 80.6 cm³/mol. The Morgan fingerprint density at radius 3 is 3.05 bits per heavy atom. The Hall–Kier alpha value is -1.28. The summed E-state index contributed by atoms with van der Waals surface area (Å²) in [6, 6.07) is 0. The van der Waals surface area contributed by atoms with Gasteiger partial charge in [-0.25, -0.2) is 15.0 Å². The van der Waals surface area contributed by atoms with Crippen LogP contribution in [0.5, 0.6) is 0 Å². The zero-order valence-electron chi connectivity index (χ0n) is 12.4. The van der Waals surface area contributed by atoms with Crippen LogP contribution in [0.2, 0.25) is 5.15 Å². The van der Waals surface area contributed by atoms with E-state index >= 15 is 0 Å². The van der Waals surface area contributed by atoms with E-state index in [2.05, 4.69) is 21.9 Å². The van der Waals surface area contributed by atoms with E-state index in [0.29, 0.717) is 24.2 Å². The van der Waals surface area contributed by atoms with E-state index in [1.165, 1.54) is 6.33 Å². The topological polar surface area (TPSA) is 82.3 Å². The molecule has 2 aromatic heterocycles. The van der Waals surface area contributed by atoms with Crippen LogP contribution >= 0.6 is 11.6 Å². The molecule has 0 amide bonds. The van der Waals surface area contributed by atoms with Gasteiger partial charge in [-0.15, -0.1) is 0 Å². The molecule has 8 heteroatoms. The van der Waals surface area contributed by atoms with Crippen molar-refractivity contribution in [2.75, 3.05) is 19.8 Å². The molecular formula is C14H19ClN4O3. The molecule has 1 unspecified atom stereocenters. The predicted octanol–water partition coefficient (Wildman–Crippen LogP) is 1.73. The number of aromatic nitrogens is 4. The third-order valence-electron chi connectivity index (χ3n) is 3.85. The number of rotatable bonds is 7. The summed E-state index contributed by atoms with van der Waals surface area (Å²) in [5.74, 6) is 0. The second-order valence-electron chi connectivity index (χ2n) is 5.43. The molecule has 7 nitrogen and oxygen atoms in total. The molecule has 1 N–H and O–H groups in total. The standard InChI is InChI=1S/C14H19ClN4O3/c1-2-3-4-21-6-10-5-14(7-20,22-10)19-9-18-11-12(15)16-8-17-13(11)19/h8-10,20H,2-7H2,1H3/t10?,14-/m1/s1. The van der Waals surface area contributed by atoms with Crippen molar-refractivity contribution >= 4 is 22.8 Å². The largest absolute Gasteiger partial charge is 0.391 e. The van der Waals surface area contributed by atoms with Gasteiger partial charge in [0.15, 0.2) is 16.5 Å². The summed E-state index contributed by atoms with van der Waals surface area (Å²) in [5.41, 5.74) is 0.216. The zero-order valence-corrected chi connectivity index (χ0v) is 13.2.